The lowest BCUT2D eigenvalue weighted by Crippen LogP contribution is -2.36. The Bertz CT molecular complexity index is 1120. The second-order valence-electron chi connectivity index (χ2n) is 8.36. The SMILES string of the molecule is O=C(CC1(COC(F)F)CC1)c1onc2c1CN(C(=O)c1cc3ccccc3[nH]1)CC2. The van der Waals surface area contributed by atoms with Crippen LogP contribution in [0, 0.1) is 5.41 Å². The van der Waals surface area contributed by atoms with Gasteiger partial charge in [0.25, 0.3) is 5.91 Å². The van der Waals surface area contributed by atoms with Gasteiger partial charge < -0.3 is 19.1 Å². The molecule has 0 atom stereocenters. The van der Waals surface area contributed by atoms with Crippen molar-refractivity contribution in [1.82, 2.24) is 15.0 Å². The molecule has 162 valence electrons. The third-order valence-corrected chi connectivity index (χ3v) is 6.15. The van der Waals surface area contributed by atoms with E-state index in [9.17, 15) is 18.4 Å². The van der Waals surface area contributed by atoms with Gasteiger partial charge in [-0.05, 0) is 25.0 Å². The van der Waals surface area contributed by atoms with Gasteiger partial charge in [-0.2, -0.15) is 8.78 Å². The van der Waals surface area contributed by atoms with E-state index in [0.717, 1.165) is 10.9 Å². The number of hydrogen-bond donors (Lipinski definition) is 1. The number of carbonyl (C=O) groups excluding carboxylic acids is 2. The molecular weight excluding hydrogens is 408 g/mol. The van der Waals surface area contributed by atoms with Crippen molar-refractivity contribution in [2.24, 2.45) is 5.41 Å². The summed E-state index contributed by atoms with van der Waals surface area (Å²) in [5, 5.41) is 4.96. The van der Waals surface area contributed by atoms with Gasteiger partial charge in [-0.25, -0.2) is 0 Å². The molecule has 0 bridgehead atoms. The lowest BCUT2D eigenvalue weighted by Gasteiger charge is -2.26. The Labute approximate surface area is 176 Å². The Morgan fingerprint density at radius 3 is 2.84 bits per heavy atom. The summed E-state index contributed by atoms with van der Waals surface area (Å²) in [6, 6.07) is 9.45. The van der Waals surface area contributed by atoms with E-state index >= 15 is 0 Å². The summed E-state index contributed by atoms with van der Waals surface area (Å²) in [5.41, 5.74) is 2.08. The van der Waals surface area contributed by atoms with E-state index in [1.165, 1.54) is 0 Å². The number of nitrogens with zero attached hydrogens (tertiary/aromatic N) is 2. The van der Waals surface area contributed by atoms with Crippen molar-refractivity contribution in [2.45, 2.75) is 38.8 Å². The molecule has 1 aromatic carbocycles. The number of alkyl halides is 2. The molecule has 1 aliphatic carbocycles. The molecule has 7 nitrogen and oxygen atoms in total. The number of nitrogens with one attached hydrogen (secondary N) is 1. The number of H-pyrrole nitrogens is 1. The van der Waals surface area contributed by atoms with Gasteiger partial charge in [-0.15, -0.1) is 0 Å². The van der Waals surface area contributed by atoms with E-state index in [4.69, 9.17) is 4.52 Å². The third kappa shape index (κ3) is 3.85. The number of aromatic nitrogens is 2. The predicted octanol–water partition coefficient (Wildman–Crippen LogP) is 3.95. The van der Waals surface area contributed by atoms with Gasteiger partial charge in [-0.3, -0.25) is 9.59 Å². The number of hydrogen-bond acceptors (Lipinski definition) is 5. The Balaban J connectivity index is 1.31. The van der Waals surface area contributed by atoms with Crippen molar-refractivity contribution in [3.63, 3.8) is 0 Å². The number of ether oxygens (including phenoxy) is 1. The molecule has 1 amide bonds. The lowest BCUT2D eigenvalue weighted by atomic mass is 9.96. The molecule has 1 N–H and O–H groups in total. The molecule has 2 aliphatic rings. The molecule has 0 radical (unpaired) electrons. The monoisotopic (exact) mass is 429 g/mol. The maximum atomic E-state index is 13.0. The maximum absolute atomic E-state index is 13.0. The van der Waals surface area contributed by atoms with Crippen LogP contribution in [0.5, 0.6) is 0 Å². The van der Waals surface area contributed by atoms with Gasteiger partial charge in [-0.1, -0.05) is 23.4 Å². The van der Waals surface area contributed by atoms with Crippen molar-refractivity contribution in [3.05, 3.63) is 53.0 Å². The average Bonchev–Trinajstić information content (AvgIpc) is 3.20. The fourth-order valence-corrected chi connectivity index (χ4v) is 4.17. The highest BCUT2D eigenvalue weighted by Gasteiger charge is 2.46. The molecule has 3 heterocycles. The maximum Gasteiger partial charge on any atom is 0.345 e. The van der Waals surface area contributed by atoms with Gasteiger partial charge in [0, 0.05) is 41.3 Å². The number of amides is 1. The van der Waals surface area contributed by atoms with Crippen molar-refractivity contribution in [2.75, 3.05) is 13.2 Å². The number of ketones is 1. The Hall–Kier alpha value is -3.07. The van der Waals surface area contributed by atoms with Gasteiger partial charge in [0.1, 0.15) is 5.69 Å². The molecule has 1 aliphatic heterocycles. The molecule has 9 heteroatoms. The van der Waals surface area contributed by atoms with Gasteiger partial charge in [0.05, 0.1) is 18.8 Å². The summed E-state index contributed by atoms with van der Waals surface area (Å²) in [4.78, 5) is 30.7. The van der Waals surface area contributed by atoms with Crippen LogP contribution in [0.4, 0.5) is 8.78 Å². The molecule has 0 saturated heterocycles. The molecule has 2 aromatic heterocycles. The van der Waals surface area contributed by atoms with Crippen molar-refractivity contribution >= 4 is 22.6 Å². The molecule has 1 fully saturated rings. The fraction of sp³-hybridized carbons (Fsp3) is 0.409. The van der Waals surface area contributed by atoms with Gasteiger partial charge in [0.2, 0.25) is 11.5 Å². The van der Waals surface area contributed by atoms with Crippen LogP contribution in [-0.2, 0) is 17.7 Å². The Kier molecular flexibility index (Phi) is 4.85. The molecule has 3 aromatic rings. The highest BCUT2D eigenvalue weighted by atomic mass is 19.3. The van der Waals surface area contributed by atoms with E-state index in [2.05, 4.69) is 14.9 Å². The summed E-state index contributed by atoms with van der Waals surface area (Å²) in [7, 11) is 0. The molecule has 5 rings (SSSR count). The summed E-state index contributed by atoms with van der Waals surface area (Å²) in [5.74, 6) is -0.332. The van der Waals surface area contributed by atoms with E-state index in [1.807, 2.05) is 30.3 Å². The Morgan fingerprint density at radius 2 is 2.10 bits per heavy atom. The third-order valence-electron chi connectivity index (χ3n) is 6.15. The number of aromatic amines is 1. The quantitative estimate of drug-likeness (QED) is 0.575. The van der Waals surface area contributed by atoms with Crippen LogP contribution in [0.2, 0.25) is 0 Å². The van der Waals surface area contributed by atoms with Crippen LogP contribution >= 0.6 is 0 Å². The summed E-state index contributed by atoms with van der Waals surface area (Å²) < 4.78 is 34.5. The zero-order valence-electron chi connectivity index (χ0n) is 16.7. The molecule has 31 heavy (non-hydrogen) atoms. The van der Waals surface area contributed by atoms with Crippen molar-refractivity contribution in [3.8, 4) is 0 Å². The number of fused-ring (bicyclic) bond motifs is 2. The number of benzene rings is 1. The first-order chi connectivity index (χ1) is 14.9. The summed E-state index contributed by atoms with van der Waals surface area (Å²) in [6.45, 7) is -2.32. The Morgan fingerprint density at radius 1 is 1.29 bits per heavy atom. The summed E-state index contributed by atoms with van der Waals surface area (Å²) >= 11 is 0. The van der Waals surface area contributed by atoms with Crippen LogP contribution in [-0.4, -0.2) is 46.5 Å². The minimum Gasteiger partial charge on any atom is -0.352 e. The number of carbonyl (C=O) groups is 2. The smallest absolute Gasteiger partial charge is 0.345 e. The zero-order chi connectivity index (χ0) is 21.6. The first-order valence-electron chi connectivity index (χ1n) is 10.2. The summed E-state index contributed by atoms with van der Waals surface area (Å²) in [6.07, 6.45) is 1.87. The van der Waals surface area contributed by atoms with Gasteiger partial charge >= 0.3 is 6.61 Å². The van der Waals surface area contributed by atoms with Crippen molar-refractivity contribution in [1.29, 1.82) is 0 Å². The lowest BCUT2D eigenvalue weighted by molar-refractivity contribution is -0.140. The minimum atomic E-state index is -2.85. The van der Waals surface area contributed by atoms with E-state index in [0.29, 0.717) is 42.8 Å². The molecular formula is C22H21F2N3O4. The van der Waals surface area contributed by atoms with E-state index < -0.39 is 12.0 Å². The fourth-order valence-electron chi connectivity index (χ4n) is 4.17. The van der Waals surface area contributed by atoms with E-state index in [1.54, 1.807) is 4.90 Å². The number of Topliss-reactive ketones (excluding diaryl/α,β-unsaturated/α-hetero) is 1. The van der Waals surface area contributed by atoms with Gasteiger partial charge in [0.15, 0.2) is 0 Å². The largest absolute Gasteiger partial charge is 0.352 e. The second kappa shape index (κ2) is 7.56. The highest BCUT2D eigenvalue weighted by Crippen LogP contribution is 2.50. The van der Waals surface area contributed by atoms with Crippen LogP contribution in [0.25, 0.3) is 10.9 Å². The van der Waals surface area contributed by atoms with Crippen LogP contribution in [0.15, 0.2) is 34.9 Å². The number of rotatable bonds is 7. The highest BCUT2D eigenvalue weighted by molar-refractivity contribution is 5.99. The first-order valence-corrected chi connectivity index (χ1v) is 10.2. The minimum absolute atomic E-state index is 0.0668. The van der Waals surface area contributed by atoms with Crippen LogP contribution in [0.1, 0.15) is 51.6 Å². The normalized spacial score (nSPS) is 17.2. The molecule has 0 unspecified atom stereocenters. The van der Waals surface area contributed by atoms with Crippen LogP contribution < -0.4 is 0 Å². The molecule has 1 saturated carbocycles. The van der Waals surface area contributed by atoms with Crippen molar-refractivity contribution < 1.29 is 27.6 Å². The number of para-hydroxylation sites is 1. The van der Waals surface area contributed by atoms with E-state index in [-0.39, 0.29) is 37.0 Å². The molecule has 0 spiro atoms. The van der Waals surface area contributed by atoms with Crippen LogP contribution in [0.3, 0.4) is 0 Å². The zero-order valence-corrected chi connectivity index (χ0v) is 16.7. The number of halogens is 2. The predicted molar refractivity (Wildman–Crippen MR) is 106 cm³/mol. The standard InChI is InChI=1S/C22H21F2N3O4/c23-21(24)30-12-22(6-7-22)10-18(28)19-14-11-27(8-5-16(14)26-31-19)20(29)17-9-13-3-1-2-4-15(13)25-17/h1-4,9,21,25H,5-8,10-12H2. The topological polar surface area (TPSA) is 88.4 Å². The first kappa shape index (κ1) is 19.9. The second-order valence-corrected chi connectivity index (χ2v) is 8.36. The average molecular weight is 429 g/mol.